The molecule has 2 fully saturated rings. The van der Waals surface area contributed by atoms with E-state index in [0.717, 1.165) is 63.6 Å². The zero-order valence-corrected chi connectivity index (χ0v) is 22.1. The van der Waals surface area contributed by atoms with Gasteiger partial charge in [-0.05, 0) is 55.7 Å². The molecule has 0 bridgehead atoms. The van der Waals surface area contributed by atoms with Crippen molar-refractivity contribution < 1.29 is 23.1 Å². The van der Waals surface area contributed by atoms with Gasteiger partial charge in [0.05, 0.1) is 30.8 Å². The number of sulfonamides is 1. The highest BCUT2D eigenvalue weighted by Gasteiger charge is 2.29. The van der Waals surface area contributed by atoms with E-state index in [-0.39, 0.29) is 30.5 Å². The lowest BCUT2D eigenvalue weighted by Crippen LogP contribution is -2.50. The van der Waals surface area contributed by atoms with Gasteiger partial charge in [0.2, 0.25) is 15.9 Å². The van der Waals surface area contributed by atoms with Gasteiger partial charge in [0.25, 0.3) is 0 Å². The van der Waals surface area contributed by atoms with Gasteiger partial charge in [-0.2, -0.15) is 4.31 Å². The number of carbonyl (C=O) groups is 1. The van der Waals surface area contributed by atoms with Gasteiger partial charge in [0.1, 0.15) is 0 Å². The van der Waals surface area contributed by atoms with Crippen molar-refractivity contribution in [2.75, 3.05) is 57.9 Å². The summed E-state index contributed by atoms with van der Waals surface area (Å²) in [7, 11) is -2.50. The third kappa shape index (κ3) is 5.24. The molecule has 2 aliphatic heterocycles. The maximum Gasteiger partial charge on any atom is 0.243 e. The summed E-state index contributed by atoms with van der Waals surface area (Å²) in [5, 5.41) is 10.4. The van der Waals surface area contributed by atoms with Crippen molar-refractivity contribution in [3.05, 3.63) is 48.0 Å². The number of aliphatic hydroxyl groups is 1. The summed E-state index contributed by atoms with van der Waals surface area (Å²) in [6.45, 7) is 4.38. The fourth-order valence-electron chi connectivity index (χ4n) is 5.12. The van der Waals surface area contributed by atoms with Crippen molar-refractivity contribution in [2.24, 2.45) is 0 Å². The summed E-state index contributed by atoms with van der Waals surface area (Å²) >= 11 is 0. The van der Waals surface area contributed by atoms with E-state index in [2.05, 4.69) is 34.1 Å². The molecule has 2 saturated heterocycles. The number of nitrogens with zero attached hydrogens (tertiary/aromatic N) is 3. The second-order valence-electron chi connectivity index (χ2n) is 9.92. The molecular formula is C27H34N4O5S. The number of likely N-dealkylation sites (N-methyl/N-ethyl adjacent to an activating group) is 1. The number of aromatic nitrogens is 1. The standard InChI is InChI=1S/C27H34N4O5S/c1-19-5-6-20-14-25(28-24(20)13-19)23-15-22(7-8-26(23)30-9-3-4-10-30)37(34,35)29(2)17-27(33)31-11-12-36-21(16-31)18-32/h5-8,13-15,21,28,32H,3-4,9-12,16-18H2,1-2H3/t21-/m0/s1. The molecule has 3 heterocycles. The zero-order valence-electron chi connectivity index (χ0n) is 21.3. The van der Waals surface area contributed by atoms with Gasteiger partial charge in [-0.25, -0.2) is 8.42 Å². The first-order valence-corrected chi connectivity index (χ1v) is 14.2. The van der Waals surface area contributed by atoms with Gasteiger partial charge >= 0.3 is 0 Å². The van der Waals surface area contributed by atoms with Gasteiger partial charge in [-0.3, -0.25) is 4.79 Å². The van der Waals surface area contributed by atoms with Crippen LogP contribution in [0.3, 0.4) is 0 Å². The summed E-state index contributed by atoms with van der Waals surface area (Å²) in [4.78, 5) is 20.3. The number of benzene rings is 2. The third-order valence-corrected chi connectivity index (χ3v) is 9.04. The maximum atomic E-state index is 13.6. The largest absolute Gasteiger partial charge is 0.394 e. The van der Waals surface area contributed by atoms with E-state index in [1.165, 1.54) is 7.05 Å². The van der Waals surface area contributed by atoms with Crippen LogP contribution in [-0.2, 0) is 19.6 Å². The molecular weight excluding hydrogens is 492 g/mol. The van der Waals surface area contributed by atoms with Crippen LogP contribution < -0.4 is 4.90 Å². The predicted molar refractivity (Wildman–Crippen MR) is 143 cm³/mol. The van der Waals surface area contributed by atoms with Crippen LogP contribution in [-0.4, -0.2) is 92.7 Å². The van der Waals surface area contributed by atoms with Crippen LogP contribution in [0.15, 0.2) is 47.4 Å². The summed E-state index contributed by atoms with van der Waals surface area (Å²) in [6, 6.07) is 13.5. The minimum Gasteiger partial charge on any atom is -0.394 e. The number of hydrogen-bond donors (Lipinski definition) is 2. The predicted octanol–water partition coefficient (Wildman–Crippen LogP) is 2.58. The van der Waals surface area contributed by atoms with Gasteiger partial charge in [-0.1, -0.05) is 12.1 Å². The van der Waals surface area contributed by atoms with Crippen molar-refractivity contribution in [3.63, 3.8) is 0 Å². The average Bonchev–Trinajstić information content (AvgIpc) is 3.58. The molecule has 37 heavy (non-hydrogen) atoms. The van der Waals surface area contributed by atoms with Gasteiger partial charge in [0.15, 0.2) is 0 Å². The van der Waals surface area contributed by atoms with Gasteiger partial charge in [-0.15, -0.1) is 0 Å². The Morgan fingerprint density at radius 2 is 1.92 bits per heavy atom. The molecule has 2 aromatic carbocycles. The molecule has 9 nitrogen and oxygen atoms in total. The monoisotopic (exact) mass is 526 g/mol. The summed E-state index contributed by atoms with van der Waals surface area (Å²) in [5.41, 5.74) is 4.85. The number of H-pyrrole nitrogens is 1. The number of carbonyl (C=O) groups excluding carboxylic acids is 1. The molecule has 5 rings (SSSR count). The molecule has 198 valence electrons. The number of aryl methyl sites for hydroxylation is 1. The van der Waals surface area contributed by atoms with E-state index in [1.54, 1.807) is 17.0 Å². The Hall–Kier alpha value is -2.92. The van der Waals surface area contributed by atoms with E-state index in [0.29, 0.717) is 13.2 Å². The van der Waals surface area contributed by atoms with E-state index in [9.17, 15) is 18.3 Å². The SMILES string of the molecule is Cc1ccc2cc(-c3cc(S(=O)(=O)N(C)CC(=O)N4CCO[C@H](CO)C4)ccc3N3CCCC3)[nH]c2c1. The van der Waals surface area contributed by atoms with Crippen LogP contribution in [0.2, 0.25) is 0 Å². The first kappa shape index (κ1) is 25.7. The number of amides is 1. The van der Waals surface area contributed by atoms with Crippen LogP contribution in [0.25, 0.3) is 22.2 Å². The Morgan fingerprint density at radius 1 is 1.14 bits per heavy atom. The Bertz CT molecular complexity index is 1400. The quantitative estimate of drug-likeness (QED) is 0.490. The molecule has 0 aliphatic carbocycles. The number of rotatable bonds is 7. The molecule has 10 heteroatoms. The molecule has 0 spiro atoms. The first-order chi connectivity index (χ1) is 17.8. The Kier molecular flexibility index (Phi) is 7.26. The molecule has 1 amide bonds. The highest BCUT2D eigenvalue weighted by atomic mass is 32.2. The molecule has 0 unspecified atom stereocenters. The minimum absolute atomic E-state index is 0.144. The highest BCUT2D eigenvalue weighted by Crippen LogP contribution is 2.36. The third-order valence-electron chi connectivity index (χ3n) is 7.24. The van der Waals surface area contributed by atoms with Crippen molar-refractivity contribution >= 4 is 32.5 Å². The molecule has 3 aromatic rings. The van der Waals surface area contributed by atoms with Crippen molar-refractivity contribution in [3.8, 4) is 11.3 Å². The summed E-state index contributed by atoms with van der Waals surface area (Å²) in [5.74, 6) is -0.312. The molecule has 1 aromatic heterocycles. The number of aliphatic hydroxyl groups excluding tert-OH is 1. The smallest absolute Gasteiger partial charge is 0.243 e. The number of morpholine rings is 1. The second kappa shape index (κ2) is 10.4. The second-order valence-corrected chi connectivity index (χ2v) is 12.0. The van der Waals surface area contributed by atoms with Gasteiger partial charge in [0, 0.05) is 61.1 Å². The molecule has 0 radical (unpaired) electrons. The average molecular weight is 527 g/mol. The molecule has 0 saturated carbocycles. The Labute approximate surface area is 217 Å². The van der Waals surface area contributed by atoms with Crippen molar-refractivity contribution in [1.29, 1.82) is 0 Å². The van der Waals surface area contributed by atoms with Gasteiger partial charge < -0.3 is 24.6 Å². The summed E-state index contributed by atoms with van der Waals surface area (Å²) in [6.07, 6.45) is 1.77. The Balaban J connectivity index is 1.45. The maximum absolute atomic E-state index is 13.6. The molecule has 1 atom stereocenters. The van der Waals surface area contributed by atoms with Crippen molar-refractivity contribution in [2.45, 2.75) is 30.8 Å². The van der Waals surface area contributed by atoms with Crippen LogP contribution in [0.1, 0.15) is 18.4 Å². The van der Waals surface area contributed by atoms with Crippen LogP contribution in [0.5, 0.6) is 0 Å². The highest BCUT2D eigenvalue weighted by molar-refractivity contribution is 7.89. The van der Waals surface area contributed by atoms with E-state index in [1.807, 2.05) is 13.0 Å². The minimum atomic E-state index is -3.93. The van der Waals surface area contributed by atoms with Crippen LogP contribution >= 0.6 is 0 Å². The topological polar surface area (TPSA) is 106 Å². The first-order valence-electron chi connectivity index (χ1n) is 12.7. The van der Waals surface area contributed by atoms with E-state index < -0.39 is 16.1 Å². The fourth-order valence-corrected chi connectivity index (χ4v) is 6.27. The number of aromatic amines is 1. The van der Waals surface area contributed by atoms with Crippen molar-refractivity contribution in [1.82, 2.24) is 14.2 Å². The number of hydrogen-bond acceptors (Lipinski definition) is 6. The molecule has 2 N–H and O–H groups in total. The lowest BCUT2D eigenvalue weighted by atomic mass is 10.1. The summed E-state index contributed by atoms with van der Waals surface area (Å²) < 4.78 is 33.6. The van der Waals surface area contributed by atoms with E-state index in [4.69, 9.17) is 4.74 Å². The zero-order chi connectivity index (χ0) is 26.2. The number of nitrogens with one attached hydrogen (secondary N) is 1. The number of anilines is 1. The van der Waals surface area contributed by atoms with Crippen LogP contribution in [0, 0.1) is 6.92 Å². The molecule has 2 aliphatic rings. The number of ether oxygens (including phenoxy) is 1. The fraction of sp³-hybridized carbons (Fsp3) is 0.444. The van der Waals surface area contributed by atoms with Crippen LogP contribution in [0.4, 0.5) is 5.69 Å². The Morgan fingerprint density at radius 3 is 2.68 bits per heavy atom. The lowest BCUT2D eigenvalue weighted by Gasteiger charge is -2.33. The normalized spacial score (nSPS) is 18.8. The number of fused-ring (bicyclic) bond motifs is 1. The van der Waals surface area contributed by atoms with E-state index >= 15 is 0 Å². The lowest BCUT2D eigenvalue weighted by molar-refractivity contribution is -0.140.